The van der Waals surface area contributed by atoms with Crippen LogP contribution in [0, 0.1) is 11.3 Å². The number of likely N-dealkylation sites (N-methyl/N-ethyl adjacent to an activating group) is 1. The van der Waals surface area contributed by atoms with Crippen LogP contribution in [0.4, 0.5) is 5.69 Å². The molecule has 4 heteroatoms. The van der Waals surface area contributed by atoms with E-state index in [1.54, 1.807) is 36.2 Å². The first-order valence-corrected chi connectivity index (χ1v) is 6.08. The molecular weight excluding hydrogens is 226 g/mol. The highest BCUT2D eigenvalue weighted by Crippen LogP contribution is 2.13. The van der Waals surface area contributed by atoms with Gasteiger partial charge in [-0.3, -0.25) is 4.79 Å². The molecule has 1 N–H and O–H groups in total. The van der Waals surface area contributed by atoms with Crippen molar-refractivity contribution in [1.82, 2.24) is 5.32 Å². The van der Waals surface area contributed by atoms with E-state index < -0.39 is 0 Å². The fraction of sp³-hybridized carbons (Fsp3) is 0.429. The van der Waals surface area contributed by atoms with Gasteiger partial charge in [0.2, 0.25) is 5.91 Å². The van der Waals surface area contributed by atoms with Crippen LogP contribution in [-0.2, 0) is 4.79 Å². The van der Waals surface area contributed by atoms with E-state index in [-0.39, 0.29) is 5.91 Å². The zero-order valence-electron chi connectivity index (χ0n) is 11.1. The van der Waals surface area contributed by atoms with Crippen molar-refractivity contribution in [2.45, 2.75) is 26.3 Å². The molecule has 0 bridgehead atoms. The predicted molar refractivity (Wildman–Crippen MR) is 72.3 cm³/mol. The Hall–Kier alpha value is -1.86. The largest absolute Gasteiger partial charge is 0.314 e. The van der Waals surface area contributed by atoms with Crippen LogP contribution >= 0.6 is 0 Å². The summed E-state index contributed by atoms with van der Waals surface area (Å²) < 4.78 is 0. The van der Waals surface area contributed by atoms with Crippen molar-refractivity contribution in [2.75, 3.05) is 18.5 Å². The number of anilines is 1. The van der Waals surface area contributed by atoms with Gasteiger partial charge in [0, 0.05) is 18.8 Å². The number of carbonyl (C=O) groups excluding carboxylic acids is 1. The predicted octanol–water partition coefficient (Wildman–Crippen LogP) is 1.91. The minimum absolute atomic E-state index is 0.0139. The van der Waals surface area contributed by atoms with Crippen molar-refractivity contribution in [3.05, 3.63) is 29.8 Å². The minimum atomic E-state index is 0.0139. The quantitative estimate of drug-likeness (QED) is 0.862. The van der Waals surface area contributed by atoms with Crippen molar-refractivity contribution in [1.29, 1.82) is 5.26 Å². The Bertz CT molecular complexity index is 433. The maximum Gasteiger partial charge on any atom is 0.240 e. The summed E-state index contributed by atoms with van der Waals surface area (Å²) in [5.41, 5.74) is 1.39. The monoisotopic (exact) mass is 245 g/mol. The first kappa shape index (κ1) is 14.2. The molecule has 0 saturated carbocycles. The standard InChI is InChI=1S/C14H19N3O/c1-4-11(2)16-10-14(18)17(3)13-7-5-12(9-15)6-8-13/h5-8,11,16H,4,10H2,1-3H3. The van der Waals surface area contributed by atoms with Gasteiger partial charge in [-0.2, -0.15) is 5.26 Å². The van der Waals surface area contributed by atoms with Crippen molar-refractivity contribution >= 4 is 11.6 Å². The second-order valence-corrected chi connectivity index (χ2v) is 4.30. The normalized spacial score (nSPS) is 11.7. The van der Waals surface area contributed by atoms with Crippen LogP contribution in [0.25, 0.3) is 0 Å². The van der Waals surface area contributed by atoms with Crippen molar-refractivity contribution in [3.63, 3.8) is 0 Å². The summed E-state index contributed by atoms with van der Waals surface area (Å²) in [6.07, 6.45) is 0.994. The van der Waals surface area contributed by atoms with E-state index in [1.807, 2.05) is 0 Å². The number of benzene rings is 1. The Balaban J connectivity index is 2.60. The Labute approximate surface area is 108 Å². The highest BCUT2D eigenvalue weighted by atomic mass is 16.2. The van der Waals surface area contributed by atoms with Crippen LogP contribution in [0.15, 0.2) is 24.3 Å². The lowest BCUT2D eigenvalue weighted by atomic mass is 10.2. The van der Waals surface area contributed by atoms with Crippen LogP contribution < -0.4 is 10.2 Å². The van der Waals surface area contributed by atoms with Gasteiger partial charge in [0.1, 0.15) is 0 Å². The SMILES string of the molecule is CCC(C)NCC(=O)N(C)c1ccc(C#N)cc1. The van der Waals surface area contributed by atoms with Crippen LogP contribution in [0.3, 0.4) is 0 Å². The molecule has 96 valence electrons. The third-order valence-corrected chi connectivity index (χ3v) is 2.97. The zero-order valence-corrected chi connectivity index (χ0v) is 11.1. The van der Waals surface area contributed by atoms with Crippen molar-refractivity contribution < 1.29 is 4.79 Å². The Morgan fingerprint density at radius 2 is 2.06 bits per heavy atom. The molecular formula is C14H19N3O. The van der Waals surface area contributed by atoms with E-state index in [2.05, 4.69) is 25.2 Å². The first-order chi connectivity index (χ1) is 8.58. The van der Waals surface area contributed by atoms with E-state index >= 15 is 0 Å². The summed E-state index contributed by atoms with van der Waals surface area (Å²) >= 11 is 0. The van der Waals surface area contributed by atoms with E-state index in [1.165, 1.54) is 0 Å². The molecule has 4 nitrogen and oxygen atoms in total. The van der Waals surface area contributed by atoms with E-state index in [0.29, 0.717) is 18.2 Å². The van der Waals surface area contributed by atoms with E-state index in [4.69, 9.17) is 5.26 Å². The maximum atomic E-state index is 11.9. The van der Waals surface area contributed by atoms with Crippen LogP contribution in [-0.4, -0.2) is 25.5 Å². The number of nitrogens with one attached hydrogen (secondary N) is 1. The van der Waals surface area contributed by atoms with Gasteiger partial charge in [-0.05, 0) is 37.6 Å². The molecule has 0 spiro atoms. The van der Waals surface area contributed by atoms with Gasteiger partial charge >= 0.3 is 0 Å². The van der Waals surface area contributed by atoms with Gasteiger partial charge in [-0.25, -0.2) is 0 Å². The average Bonchev–Trinajstić information content (AvgIpc) is 2.43. The second kappa shape index (κ2) is 6.77. The Morgan fingerprint density at radius 3 is 2.56 bits per heavy atom. The molecule has 1 atom stereocenters. The summed E-state index contributed by atoms with van der Waals surface area (Å²) in [6, 6.07) is 9.36. The number of rotatable bonds is 5. The van der Waals surface area contributed by atoms with Crippen molar-refractivity contribution in [2.24, 2.45) is 0 Å². The number of nitriles is 1. The van der Waals surface area contributed by atoms with Gasteiger partial charge in [-0.1, -0.05) is 6.92 Å². The number of nitrogens with zero attached hydrogens (tertiary/aromatic N) is 2. The molecule has 18 heavy (non-hydrogen) atoms. The topological polar surface area (TPSA) is 56.1 Å². The summed E-state index contributed by atoms with van der Waals surface area (Å²) in [6.45, 7) is 4.45. The lowest BCUT2D eigenvalue weighted by molar-refractivity contribution is -0.117. The summed E-state index contributed by atoms with van der Waals surface area (Å²) in [5, 5.41) is 11.9. The zero-order chi connectivity index (χ0) is 13.5. The number of hydrogen-bond acceptors (Lipinski definition) is 3. The molecule has 0 aliphatic carbocycles. The molecule has 0 heterocycles. The third-order valence-electron chi connectivity index (χ3n) is 2.97. The van der Waals surface area contributed by atoms with Gasteiger partial charge < -0.3 is 10.2 Å². The molecule has 1 aromatic carbocycles. The average molecular weight is 245 g/mol. The molecule has 1 rings (SSSR count). The first-order valence-electron chi connectivity index (χ1n) is 6.08. The fourth-order valence-corrected chi connectivity index (χ4v) is 1.43. The van der Waals surface area contributed by atoms with Gasteiger partial charge in [0.15, 0.2) is 0 Å². The molecule has 1 unspecified atom stereocenters. The van der Waals surface area contributed by atoms with Crippen LogP contribution in [0.1, 0.15) is 25.8 Å². The lowest BCUT2D eigenvalue weighted by Gasteiger charge is -2.19. The number of carbonyl (C=O) groups is 1. The fourth-order valence-electron chi connectivity index (χ4n) is 1.43. The number of hydrogen-bond donors (Lipinski definition) is 1. The van der Waals surface area contributed by atoms with Crippen LogP contribution in [0.2, 0.25) is 0 Å². The Morgan fingerprint density at radius 1 is 1.44 bits per heavy atom. The number of amides is 1. The molecule has 0 aliphatic rings. The molecule has 0 aliphatic heterocycles. The highest BCUT2D eigenvalue weighted by Gasteiger charge is 2.11. The second-order valence-electron chi connectivity index (χ2n) is 4.30. The van der Waals surface area contributed by atoms with Crippen LogP contribution in [0.5, 0.6) is 0 Å². The molecule has 0 saturated heterocycles. The van der Waals surface area contributed by atoms with Gasteiger partial charge in [0.25, 0.3) is 0 Å². The maximum absolute atomic E-state index is 11.9. The van der Waals surface area contributed by atoms with Gasteiger partial charge in [0.05, 0.1) is 18.2 Å². The van der Waals surface area contributed by atoms with E-state index in [0.717, 1.165) is 12.1 Å². The highest BCUT2D eigenvalue weighted by molar-refractivity contribution is 5.94. The molecule has 0 radical (unpaired) electrons. The molecule has 1 aromatic rings. The molecule has 1 amide bonds. The smallest absolute Gasteiger partial charge is 0.240 e. The lowest BCUT2D eigenvalue weighted by Crippen LogP contribution is -2.38. The summed E-state index contributed by atoms with van der Waals surface area (Å²) in [5.74, 6) is 0.0139. The van der Waals surface area contributed by atoms with E-state index in [9.17, 15) is 4.79 Å². The minimum Gasteiger partial charge on any atom is -0.314 e. The molecule has 0 aromatic heterocycles. The molecule has 0 fully saturated rings. The van der Waals surface area contributed by atoms with Gasteiger partial charge in [-0.15, -0.1) is 0 Å². The third kappa shape index (κ3) is 3.86. The Kier molecular flexibility index (Phi) is 5.34. The van der Waals surface area contributed by atoms with Crippen molar-refractivity contribution in [3.8, 4) is 6.07 Å². The summed E-state index contributed by atoms with van der Waals surface area (Å²) in [4.78, 5) is 13.5. The summed E-state index contributed by atoms with van der Waals surface area (Å²) in [7, 11) is 1.74.